The van der Waals surface area contributed by atoms with E-state index < -0.39 is 23.6 Å². The zero-order valence-corrected chi connectivity index (χ0v) is 25.7. The number of carboxylic acid groups (broad SMARTS) is 1. The maximum absolute atomic E-state index is 14.2. The lowest BCUT2D eigenvalue weighted by Crippen LogP contribution is -2.46. The largest absolute Gasteiger partial charge is 0.493 e. The van der Waals surface area contributed by atoms with Crippen LogP contribution in [0.5, 0.6) is 11.5 Å². The average molecular weight is 618 g/mol. The molecule has 0 saturated carbocycles. The minimum atomic E-state index is -0.971. The topological polar surface area (TPSA) is 131 Å². The molecule has 0 bridgehead atoms. The van der Waals surface area contributed by atoms with Crippen LogP contribution in [0, 0.1) is 5.41 Å². The molecule has 2 aromatic carbocycles. The van der Waals surface area contributed by atoms with Crippen LogP contribution < -0.4 is 14.4 Å². The molecule has 1 aliphatic heterocycles. The van der Waals surface area contributed by atoms with Gasteiger partial charge in [0.1, 0.15) is 23.0 Å². The highest BCUT2D eigenvalue weighted by Crippen LogP contribution is 2.45. The number of halogens is 1. The van der Waals surface area contributed by atoms with Gasteiger partial charge in [0.25, 0.3) is 5.91 Å². The van der Waals surface area contributed by atoms with Crippen LogP contribution in [0.4, 0.5) is 5.69 Å². The number of aliphatic hydroxyl groups excluding tert-OH is 1. The van der Waals surface area contributed by atoms with Crippen LogP contribution in [0.1, 0.15) is 61.2 Å². The number of para-hydroxylation sites is 1. The van der Waals surface area contributed by atoms with Gasteiger partial charge in [-0.25, -0.2) is 4.98 Å². The number of aliphatic hydroxyl groups is 1. The van der Waals surface area contributed by atoms with Gasteiger partial charge in [-0.1, -0.05) is 37.6 Å². The number of rotatable bonds is 13. The predicted molar refractivity (Wildman–Crippen MR) is 160 cm³/mol. The molecule has 2 heterocycles. The number of aliphatic carboxylic acids is 1. The van der Waals surface area contributed by atoms with E-state index in [1.165, 1.54) is 11.5 Å². The number of fused-ring (bicyclic) bond motifs is 1. The summed E-state index contributed by atoms with van der Waals surface area (Å²) in [7, 11) is 3.10. The summed E-state index contributed by atoms with van der Waals surface area (Å²) < 4.78 is 22.4. The number of hydrogen-bond donors (Lipinski definition) is 2. The van der Waals surface area contributed by atoms with E-state index in [-0.39, 0.29) is 31.9 Å². The minimum Gasteiger partial charge on any atom is -0.493 e. The molecule has 12 heteroatoms. The fraction of sp³-hybridized carbons (Fsp3) is 0.467. The summed E-state index contributed by atoms with van der Waals surface area (Å²) in [4.78, 5) is 31.4. The molecule has 4 rings (SSSR count). The first-order chi connectivity index (χ1) is 20.1. The van der Waals surface area contributed by atoms with E-state index in [2.05, 4.69) is 9.36 Å². The van der Waals surface area contributed by atoms with Gasteiger partial charge in [0.2, 0.25) is 0 Å². The van der Waals surface area contributed by atoms with Crippen LogP contribution >= 0.6 is 23.1 Å². The van der Waals surface area contributed by atoms with Crippen molar-refractivity contribution in [1.29, 1.82) is 0 Å². The number of carboxylic acids is 1. The van der Waals surface area contributed by atoms with Crippen molar-refractivity contribution >= 4 is 40.7 Å². The van der Waals surface area contributed by atoms with Gasteiger partial charge in [0, 0.05) is 59.7 Å². The summed E-state index contributed by atoms with van der Waals surface area (Å²) in [6, 6.07) is 10.8. The van der Waals surface area contributed by atoms with Crippen LogP contribution in [0.25, 0.3) is 0 Å². The number of aryl methyl sites for hydroxylation is 1. The fourth-order valence-corrected chi connectivity index (χ4v) is 5.79. The second-order valence-electron chi connectivity index (χ2n) is 10.9. The standard InChI is InChI=1S/C30H36ClN3O7S/c1-30(2,17-35)16-34-21-13-12-18(31)14-20(21)27(19-8-7-9-22(39-3)28(19)40-4)41-23(29(34)38)15-24-32-25(42-33-24)10-5-6-11-26(36)37/h7-9,12-14,23,27,35H,5-6,10-11,15-17H2,1-4H3,(H,36,37)/t23-,27-/m1/s1. The summed E-state index contributed by atoms with van der Waals surface area (Å²) in [6.07, 6.45) is 0.331. The predicted octanol–water partition coefficient (Wildman–Crippen LogP) is 5.09. The fourth-order valence-electron chi connectivity index (χ4n) is 4.90. The third kappa shape index (κ3) is 7.38. The number of carbonyl (C=O) groups excluding carboxylic acids is 1. The Morgan fingerprint density at radius 2 is 1.95 bits per heavy atom. The Morgan fingerprint density at radius 3 is 2.64 bits per heavy atom. The van der Waals surface area contributed by atoms with E-state index in [1.54, 1.807) is 43.4 Å². The molecule has 10 nitrogen and oxygen atoms in total. The molecule has 2 atom stereocenters. The first-order valence-corrected chi connectivity index (χ1v) is 14.8. The second kappa shape index (κ2) is 13.8. The summed E-state index contributed by atoms with van der Waals surface area (Å²) in [5, 5.41) is 20.2. The summed E-state index contributed by atoms with van der Waals surface area (Å²) >= 11 is 7.73. The minimum absolute atomic E-state index is 0.107. The Hall–Kier alpha value is -3.25. The number of anilines is 1. The molecule has 42 heavy (non-hydrogen) atoms. The number of unbranched alkanes of at least 4 members (excludes halogenated alkanes) is 1. The third-order valence-corrected chi connectivity index (χ3v) is 8.09. The molecular weight excluding hydrogens is 582 g/mol. The van der Waals surface area contributed by atoms with Crippen molar-refractivity contribution in [1.82, 2.24) is 9.36 Å². The molecule has 226 valence electrons. The van der Waals surface area contributed by atoms with E-state index in [4.69, 9.17) is 30.9 Å². The Bertz CT molecular complexity index is 1410. The van der Waals surface area contributed by atoms with Crippen molar-refractivity contribution in [2.24, 2.45) is 5.41 Å². The van der Waals surface area contributed by atoms with Crippen molar-refractivity contribution < 1.29 is 34.0 Å². The zero-order valence-electron chi connectivity index (χ0n) is 24.1. The van der Waals surface area contributed by atoms with E-state index >= 15 is 0 Å². The molecule has 1 amide bonds. The molecule has 0 aliphatic carbocycles. The molecule has 3 aromatic rings. The highest BCUT2D eigenvalue weighted by molar-refractivity contribution is 7.05. The lowest BCUT2D eigenvalue weighted by atomic mass is 9.92. The lowest BCUT2D eigenvalue weighted by molar-refractivity contribution is -0.137. The molecule has 0 spiro atoms. The molecular formula is C30H36ClN3O7S. The van der Waals surface area contributed by atoms with E-state index in [0.717, 1.165) is 5.01 Å². The van der Waals surface area contributed by atoms with Crippen molar-refractivity contribution in [3.05, 3.63) is 63.4 Å². The van der Waals surface area contributed by atoms with Gasteiger partial charge in [-0.15, -0.1) is 0 Å². The third-order valence-electron chi connectivity index (χ3n) is 7.04. The van der Waals surface area contributed by atoms with Gasteiger partial charge in [0.15, 0.2) is 11.5 Å². The van der Waals surface area contributed by atoms with Gasteiger partial charge in [-0.05, 0) is 48.6 Å². The smallest absolute Gasteiger partial charge is 0.303 e. The second-order valence-corrected chi connectivity index (χ2v) is 12.2. The first-order valence-electron chi connectivity index (χ1n) is 13.7. The SMILES string of the molecule is COc1cccc([C@H]2O[C@H](Cc3nsc(CCCCC(=O)O)n3)C(=O)N(CC(C)(C)CO)c3ccc(Cl)cc32)c1OC. The van der Waals surface area contributed by atoms with Crippen molar-refractivity contribution in [3.8, 4) is 11.5 Å². The van der Waals surface area contributed by atoms with E-state index in [0.29, 0.717) is 58.4 Å². The highest BCUT2D eigenvalue weighted by atomic mass is 35.5. The monoisotopic (exact) mass is 617 g/mol. The van der Waals surface area contributed by atoms with Gasteiger partial charge in [0.05, 0.1) is 14.2 Å². The number of methoxy groups -OCH3 is 2. The first kappa shape index (κ1) is 31.7. The van der Waals surface area contributed by atoms with E-state index in [9.17, 15) is 14.7 Å². The molecule has 0 radical (unpaired) electrons. The maximum Gasteiger partial charge on any atom is 0.303 e. The molecule has 2 N–H and O–H groups in total. The Labute approximate surface area is 254 Å². The molecule has 0 fully saturated rings. The van der Waals surface area contributed by atoms with Crippen LogP contribution in [-0.4, -0.2) is 64.9 Å². The zero-order chi connectivity index (χ0) is 30.4. The van der Waals surface area contributed by atoms with E-state index in [1.807, 2.05) is 26.0 Å². The Balaban J connectivity index is 1.75. The number of amides is 1. The normalized spacial score (nSPS) is 17.1. The van der Waals surface area contributed by atoms with Crippen LogP contribution in [0.2, 0.25) is 5.02 Å². The van der Waals surface area contributed by atoms with Crippen LogP contribution in [-0.2, 0) is 27.2 Å². The molecule has 0 saturated heterocycles. The van der Waals surface area contributed by atoms with Crippen molar-refractivity contribution in [2.45, 2.75) is 58.2 Å². The Morgan fingerprint density at radius 1 is 1.17 bits per heavy atom. The summed E-state index contributed by atoms with van der Waals surface area (Å²) in [5.41, 5.74) is 1.34. The number of hydrogen-bond acceptors (Lipinski definition) is 9. The Kier molecular flexibility index (Phi) is 10.4. The average Bonchev–Trinajstić information content (AvgIpc) is 3.38. The number of ether oxygens (including phenoxy) is 3. The van der Waals surface area contributed by atoms with Gasteiger partial charge in [-0.3, -0.25) is 9.59 Å². The molecule has 1 aromatic heterocycles. The lowest BCUT2D eigenvalue weighted by Gasteiger charge is -2.32. The number of carbonyl (C=O) groups is 2. The highest BCUT2D eigenvalue weighted by Gasteiger charge is 2.40. The van der Waals surface area contributed by atoms with Crippen LogP contribution in [0.15, 0.2) is 36.4 Å². The maximum atomic E-state index is 14.2. The summed E-state index contributed by atoms with van der Waals surface area (Å²) in [6.45, 7) is 3.88. The van der Waals surface area contributed by atoms with Gasteiger partial charge in [-0.2, -0.15) is 4.37 Å². The number of nitrogens with zero attached hydrogens (tertiary/aromatic N) is 3. The van der Waals surface area contributed by atoms with Gasteiger partial charge >= 0.3 is 5.97 Å². The molecule has 1 aliphatic rings. The quantitative estimate of drug-likeness (QED) is 0.252. The van der Waals surface area contributed by atoms with Crippen molar-refractivity contribution in [2.75, 3.05) is 32.3 Å². The van der Waals surface area contributed by atoms with Crippen LogP contribution in [0.3, 0.4) is 0 Å². The number of aromatic nitrogens is 2. The summed E-state index contributed by atoms with van der Waals surface area (Å²) in [5.74, 6) is 0.342. The van der Waals surface area contributed by atoms with Crippen molar-refractivity contribution in [3.63, 3.8) is 0 Å². The number of benzene rings is 2. The van der Waals surface area contributed by atoms with Gasteiger partial charge < -0.3 is 29.3 Å². The molecule has 0 unspecified atom stereocenters.